The Balaban J connectivity index is 2.93. The molecular formula is C7H12BrNO3S2. The minimum absolute atomic E-state index is 0.410. The van der Waals surface area contributed by atoms with Gasteiger partial charge in [0.25, 0.3) is 0 Å². The molecule has 0 N–H and O–H groups in total. The molecule has 0 saturated carbocycles. The summed E-state index contributed by atoms with van der Waals surface area (Å²) in [4.78, 5) is 0. The SMILES string of the molecule is COC1C(Br)=CSC1S(=O)(=O)N(C)C. The minimum Gasteiger partial charge on any atom is -0.374 e. The van der Waals surface area contributed by atoms with Crippen LogP contribution in [0.3, 0.4) is 0 Å². The smallest absolute Gasteiger partial charge is 0.229 e. The molecule has 2 atom stereocenters. The lowest BCUT2D eigenvalue weighted by atomic mass is 10.4. The van der Waals surface area contributed by atoms with Crippen LogP contribution in [0.2, 0.25) is 0 Å². The number of methoxy groups -OCH3 is 1. The van der Waals surface area contributed by atoms with Crippen molar-refractivity contribution in [3.63, 3.8) is 0 Å². The summed E-state index contributed by atoms with van der Waals surface area (Å²) < 4.78 is 30.2. The van der Waals surface area contributed by atoms with Crippen LogP contribution >= 0.6 is 27.7 Å². The van der Waals surface area contributed by atoms with Gasteiger partial charge in [-0.3, -0.25) is 0 Å². The molecular weight excluding hydrogens is 290 g/mol. The maximum atomic E-state index is 11.8. The van der Waals surface area contributed by atoms with E-state index in [1.54, 1.807) is 5.41 Å². The summed E-state index contributed by atoms with van der Waals surface area (Å²) in [6.45, 7) is 0. The van der Waals surface area contributed by atoms with Crippen LogP contribution in [0, 0.1) is 0 Å². The van der Waals surface area contributed by atoms with Crippen LogP contribution in [-0.2, 0) is 14.8 Å². The van der Waals surface area contributed by atoms with Gasteiger partial charge in [-0.1, -0.05) is 15.9 Å². The number of halogens is 1. The van der Waals surface area contributed by atoms with Gasteiger partial charge in [-0.05, 0) is 5.41 Å². The molecule has 2 unspecified atom stereocenters. The molecule has 1 aliphatic heterocycles. The summed E-state index contributed by atoms with van der Waals surface area (Å²) >= 11 is 4.53. The highest BCUT2D eigenvalue weighted by atomic mass is 79.9. The third kappa shape index (κ3) is 2.16. The summed E-state index contributed by atoms with van der Waals surface area (Å²) in [5.74, 6) is 0. The molecule has 7 heteroatoms. The Morgan fingerprint density at radius 2 is 2.14 bits per heavy atom. The summed E-state index contributed by atoms with van der Waals surface area (Å²) in [7, 11) is 1.27. The molecule has 0 spiro atoms. The number of hydrogen-bond donors (Lipinski definition) is 0. The second-order valence-corrected chi connectivity index (χ2v) is 7.49. The number of sulfonamides is 1. The first kappa shape index (κ1) is 12.5. The lowest BCUT2D eigenvalue weighted by molar-refractivity contribution is 0.151. The highest BCUT2D eigenvalue weighted by molar-refractivity contribution is 9.11. The molecule has 0 radical (unpaired) electrons. The fourth-order valence-corrected chi connectivity index (χ4v) is 5.21. The summed E-state index contributed by atoms with van der Waals surface area (Å²) in [5, 5.41) is 1.76. The first-order valence-corrected chi connectivity index (χ1v) is 7.10. The normalized spacial score (nSPS) is 28.2. The Labute approximate surface area is 96.9 Å². The Kier molecular flexibility index (Phi) is 4.04. The molecule has 4 nitrogen and oxygen atoms in total. The van der Waals surface area contributed by atoms with Gasteiger partial charge in [-0.25, -0.2) is 12.7 Å². The Hall–Kier alpha value is 0.440. The van der Waals surface area contributed by atoms with Gasteiger partial charge in [-0.2, -0.15) is 0 Å². The highest BCUT2D eigenvalue weighted by Crippen LogP contribution is 2.39. The first-order chi connectivity index (χ1) is 6.41. The fraction of sp³-hybridized carbons (Fsp3) is 0.714. The molecule has 0 aromatic heterocycles. The zero-order valence-corrected chi connectivity index (χ0v) is 11.3. The van der Waals surface area contributed by atoms with E-state index >= 15 is 0 Å². The molecule has 14 heavy (non-hydrogen) atoms. The van der Waals surface area contributed by atoms with Crippen molar-refractivity contribution in [2.75, 3.05) is 21.2 Å². The molecule has 82 valence electrons. The van der Waals surface area contributed by atoms with Crippen molar-refractivity contribution in [1.82, 2.24) is 4.31 Å². The van der Waals surface area contributed by atoms with Crippen LogP contribution in [0.5, 0.6) is 0 Å². The van der Waals surface area contributed by atoms with Gasteiger partial charge < -0.3 is 4.74 Å². The number of ether oxygens (including phenoxy) is 1. The van der Waals surface area contributed by atoms with Gasteiger partial charge >= 0.3 is 0 Å². The van der Waals surface area contributed by atoms with Crippen molar-refractivity contribution in [2.24, 2.45) is 0 Å². The minimum atomic E-state index is -3.28. The van der Waals surface area contributed by atoms with Crippen LogP contribution in [0.1, 0.15) is 0 Å². The average Bonchev–Trinajstić information content (AvgIpc) is 2.46. The molecule has 1 aliphatic rings. The van der Waals surface area contributed by atoms with Crippen molar-refractivity contribution in [1.29, 1.82) is 0 Å². The number of rotatable bonds is 3. The zero-order valence-electron chi connectivity index (χ0n) is 8.10. The van der Waals surface area contributed by atoms with Crippen molar-refractivity contribution in [3.8, 4) is 0 Å². The third-order valence-electron chi connectivity index (χ3n) is 1.89. The quantitative estimate of drug-likeness (QED) is 0.786. The molecule has 0 bridgehead atoms. The van der Waals surface area contributed by atoms with Crippen molar-refractivity contribution >= 4 is 37.7 Å². The summed E-state index contributed by atoms with van der Waals surface area (Å²) in [6, 6.07) is 0. The lowest BCUT2D eigenvalue weighted by Gasteiger charge is -2.22. The monoisotopic (exact) mass is 301 g/mol. The maximum absolute atomic E-state index is 11.8. The van der Waals surface area contributed by atoms with E-state index in [0.717, 1.165) is 4.48 Å². The number of hydrogen-bond acceptors (Lipinski definition) is 4. The van der Waals surface area contributed by atoms with Gasteiger partial charge in [0.15, 0.2) is 4.58 Å². The van der Waals surface area contributed by atoms with Gasteiger partial charge in [0.2, 0.25) is 10.0 Å². The predicted octanol–water partition coefficient (Wildman–Crippen LogP) is 1.20. The van der Waals surface area contributed by atoms with E-state index in [9.17, 15) is 8.42 Å². The largest absolute Gasteiger partial charge is 0.374 e. The number of nitrogens with zero attached hydrogens (tertiary/aromatic N) is 1. The lowest BCUT2D eigenvalue weighted by Crippen LogP contribution is -2.38. The number of thioether (sulfide) groups is 1. The second-order valence-electron chi connectivity index (χ2n) is 2.99. The molecule has 1 heterocycles. The van der Waals surface area contributed by atoms with E-state index in [1.165, 1.54) is 37.3 Å². The third-order valence-corrected chi connectivity index (χ3v) is 6.69. The van der Waals surface area contributed by atoms with Gasteiger partial charge in [0.1, 0.15) is 6.10 Å². The van der Waals surface area contributed by atoms with Gasteiger partial charge in [0, 0.05) is 25.7 Å². The topological polar surface area (TPSA) is 46.6 Å². The van der Waals surface area contributed by atoms with Gasteiger partial charge in [-0.15, -0.1) is 11.8 Å². The molecule has 0 aromatic carbocycles. The van der Waals surface area contributed by atoms with Crippen LogP contribution in [0.15, 0.2) is 9.89 Å². The van der Waals surface area contributed by atoms with E-state index < -0.39 is 20.7 Å². The van der Waals surface area contributed by atoms with Crippen molar-refractivity contribution < 1.29 is 13.2 Å². The average molecular weight is 302 g/mol. The zero-order chi connectivity index (χ0) is 10.9. The van der Waals surface area contributed by atoms with E-state index in [-0.39, 0.29) is 0 Å². The predicted molar refractivity (Wildman–Crippen MR) is 61.8 cm³/mol. The Bertz CT molecular complexity index is 339. The Morgan fingerprint density at radius 3 is 2.57 bits per heavy atom. The van der Waals surface area contributed by atoms with Crippen molar-refractivity contribution in [3.05, 3.63) is 9.89 Å². The molecule has 1 rings (SSSR count). The molecule has 0 saturated heterocycles. The fourth-order valence-electron chi connectivity index (χ4n) is 1.06. The van der Waals surface area contributed by atoms with E-state index in [2.05, 4.69) is 15.9 Å². The molecule has 0 amide bonds. The van der Waals surface area contributed by atoms with Gasteiger partial charge in [0.05, 0.1) is 0 Å². The van der Waals surface area contributed by atoms with Crippen LogP contribution < -0.4 is 0 Å². The molecule has 0 aromatic rings. The van der Waals surface area contributed by atoms with Crippen LogP contribution in [-0.4, -0.2) is 44.6 Å². The standard InChI is InChI=1S/C7H12BrNO3S2/c1-9(2)14(10,11)7-6(12-3)5(8)4-13-7/h4,6-7H,1-3H3. The Morgan fingerprint density at radius 1 is 1.57 bits per heavy atom. The second kappa shape index (κ2) is 4.52. The van der Waals surface area contributed by atoms with Crippen molar-refractivity contribution in [2.45, 2.75) is 10.7 Å². The van der Waals surface area contributed by atoms with Crippen LogP contribution in [0.25, 0.3) is 0 Å². The molecule has 0 aliphatic carbocycles. The van der Waals surface area contributed by atoms with E-state index in [1.807, 2.05) is 0 Å². The maximum Gasteiger partial charge on any atom is 0.229 e. The molecule has 0 fully saturated rings. The summed E-state index contributed by atoms with van der Waals surface area (Å²) in [6.07, 6.45) is -0.410. The van der Waals surface area contributed by atoms with Crippen LogP contribution in [0.4, 0.5) is 0 Å². The van der Waals surface area contributed by atoms with E-state index in [0.29, 0.717) is 0 Å². The van der Waals surface area contributed by atoms with E-state index in [4.69, 9.17) is 4.74 Å². The highest BCUT2D eigenvalue weighted by Gasteiger charge is 2.40. The summed E-state index contributed by atoms with van der Waals surface area (Å²) in [5.41, 5.74) is 0. The first-order valence-electron chi connectivity index (χ1n) is 3.86.